The van der Waals surface area contributed by atoms with Crippen LogP contribution in [0, 0.1) is 0 Å². The van der Waals surface area contributed by atoms with Gasteiger partial charge in [-0.2, -0.15) is 0 Å². The lowest BCUT2D eigenvalue weighted by Crippen LogP contribution is -2.19. The van der Waals surface area contributed by atoms with Crippen LogP contribution in [0.4, 0.5) is 0 Å². The van der Waals surface area contributed by atoms with E-state index in [1.807, 2.05) is 24.3 Å². The Morgan fingerprint density at radius 1 is 1.36 bits per heavy atom. The zero-order valence-corrected chi connectivity index (χ0v) is 8.66. The molecule has 2 nitrogen and oxygen atoms in total. The minimum atomic E-state index is 0.774. The smallest absolute Gasteiger partial charge is 0.0921 e. The normalized spacial score (nSPS) is 11.4. The van der Waals surface area contributed by atoms with Crippen molar-refractivity contribution in [1.29, 1.82) is 0 Å². The molecule has 0 radical (unpaired) electrons. The fourth-order valence-electron chi connectivity index (χ4n) is 1.17. The summed E-state index contributed by atoms with van der Waals surface area (Å²) in [6.07, 6.45) is 4.20. The van der Waals surface area contributed by atoms with E-state index in [1.54, 1.807) is 0 Å². The number of hydrogen-bond acceptors (Lipinski definition) is 2. The van der Waals surface area contributed by atoms with E-state index in [0.717, 1.165) is 25.2 Å². The van der Waals surface area contributed by atoms with Gasteiger partial charge in [-0.05, 0) is 18.1 Å². The second kappa shape index (κ2) is 6.08. The maximum Gasteiger partial charge on any atom is 0.0921 e. The van der Waals surface area contributed by atoms with Crippen molar-refractivity contribution >= 4 is 0 Å². The summed E-state index contributed by atoms with van der Waals surface area (Å²) < 4.78 is 0. The van der Waals surface area contributed by atoms with Crippen LogP contribution in [0.25, 0.3) is 0 Å². The topological polar surface area (TPSA) is 38.0 Å². The van der Waals surface area contributed by atoms with E-state index in [9.17, 15) is 0 Å². The van der Waals surface area contributed by atoms with Crippen LogP contribution >= 0.6 is 0 Å². The van der Waals surface area contributed by atoms with Gasteiger partial charge in [0.25, 0.3) is 0 Å². The molecule has 0 heterocycles. The van der Waals surface area contributed by atoms with Crippen molar-refractivity contribution in [1.82, 2.24) is 5.32 Å². The maximum atomic E-state index is 5.76. The molecule has 0 aliphatic carbocycles. The van der Waals surface area contributed by atoms with Crippen molar-refractivity contribution in [3.05, 3.63) is 47.8 Å². The van der Waals surface area contributed by atoms with Gasteiger partial charge >= 0.3 is 0 Å². The summed E-state index contributed by atoms with van der Waals surface area (Å²) in [5.74, 6) is 0.774. The van der Waals surface area contributed by atoms with Crippen molar-refractivity contribution in [2.75, 3.05) is 0 Å². The molecule has 0 aliphatic heterocycles. The van der Waals surface area contributed by atoms with Gasteiger partial charge in [0.2, 0.25) is 0 Å². The molecule has 14 heavy (non-hydrogen) atoms. The highest BCUT2D eigenvalue weighted by Crippen LogP contribution is 1.98. The first-order valence-corrected chi connectivity index (χ1v) is 5.06. The standard InChI is InChI=1S/C12H18N2/c1-2-3-9-12(13)14-10-11-7-5-4-6-8-11/h4-9,14H,2-3,10,13H2,1H3/b12-9-. The van der Waals surface area contributed by atoms with Crippen molar-refractivity contribution in [2.45, 2.75) is 26.3 Å². The van der Waals surface area contributed by atoms with Gasteiger partial charge in [-0.1, -0.05) is 43.7 Å². The molecular weight excluding hydrogens is 172 g/mol. The Hall–Kier alpha value is -1.44. The molecule has 3 N–H and O–H groups in total. The fourth-order valence-corrected chi connectivity index (χ4v) is 1.17. The number of unbranched alkanes of at least 4 members (excludes halogenated alkanes) is 1. The molecule has 1 aromatic carbocycles. The Morgan fingerprint density at radius 2 is 2.07 bits per heavy atom. The van der Waals surface area contributed by atoms with E-state index in [2.05, 4.69) is 24.4 Å². The molecule has 76 valence electrons. The molecule has 0 spiro atoms. The molecule has 2 heteroatoms. The third-order valence-corrected chi connectivity index (χ3v) is 1.99. The Kier molecular flexibility index (Phi) is 4.62. The van der Waals surface area contributed by atoms with Crippen molar-refractivity contribution in [3.8, 4) is 0 Å². The molecule has 0 bridgehead atoms. The lowest BCUT2D eigenvalue weighted by atomic mass is 10.2. The summed E-state index contributed by atoms with van der Waals surface area (Å²) in [5.41, 5.74) is 7.01. The van der Waals surface area contributed by atoms with E-state index in [4.69, 9.17) is 5.73 Å². The van der Waals surface area contributed by atoms with Gasteiger partial charge in [-0.15, -0.1) is 0 Å². The Labute approximate surface area is 85.8 Å². The van der Waals surface area contributed by atoms with Crippen LogP contribution in [0.5, 0.6) is 0 Å². The van der Waals surface area contributed by atoms with E-state index in [0.29, 0.717) is 0 Å². The average Bonchev–Trinajstić information content (AvgIpc) is 2.25. The lowest BCUT2D eigenvalue weighted by molar-refractivity contribution is 0.785. The minimum absolute atomic E-state index is 0.774. The second-order valence-corrected chi connectivity index (χ2v) is 3.29. The number of nitrogens with two attached hydrogens (primary N) is 1. The summed E-state index contributed by atoms with van der Waals surface area (Å²) in [5, 5.41) is 3.17. The van der Waals surface area contributed by atoms with Crippen molar-refractivity contribution < 1.29 is 0 Å². The summed E-state index contributed by atoms with van der Waals surface area (Å²) >= 11 is 0. The van der Waals surface area contributed by atoms with Crippen LogP contribution in [0.3, 0.4) is 0 Å². The first-order valence-electron chi connectivity index (χ1n) is 5.06. The first-order chi connectivity index (χ1) is 6.83. The first kappa shape index (κ1) is 10.6. The van der Waals surface area contributed by atoms with Gasteiger partial charge in [0.1, 0.15) is 0 Å². The lowest BCUT2D eigenvalue weighted by Gasteiger charge is -2.05. The molecule has 0 amide bonds. The average molecular weight is 190 g/mol. The Balaban J connectivity index is 2.34. The van der Waals surface area contributed by atoms with E-state index in [-0.39, 0.29) is 0 Å². The number of allylic oxidation sites excluding steroid dienone is 1. The molecule has 1 rings (SSSR count). The Bertz CT molecular complexity index is 278. The van der Waals surface area contributed by atoms with Crippen molar-refractivity contribution in [2.24, 2.45) is 5.73 Å². The van der Waals surface area contributed by atoms with Gasteiger partial charge < -0.3 is 11.1 Å². The summed E-state index contributed by atoms with van der Waals surface area (Å²) in [6, 6.07) is 10.2. The van der Waals surface area contributed by atoms with Gasteiger partial charge in [-0.25, -0.2) is 0 Å². The van der Waals surface area contributed by atoms with E-state index in [1.165, 1.54) is 5.56 Å². The molecule has 0 fully saturated rings. The molecule has 0 aliphatic rings. The third kappa shape index (κ3) is 3.99. The largest absolute Gasteiger partial charge is 0.386 e. The highest BCUT2D eigenvalue weighted by molar-refractivity contribution is 5.15. The SMILES string of the molecule is CCC/C=C(/N)NCc1ccccc1. The quantitative estimate of drug-likeness (QED) is 0.748. The highest BCUT2D eigenvalue weighted by Gasteiger charge is 1.90. The zero-order chi connectivity index (χ0) is 10.2. The van der Waals surface area contributed by atoms with Gasteiger partial charge in [-0.3, -0.25) is 0 Å². The monoisotopic (exact) mass is 190 g/mol. The fraction of sp³-hybridized carbons (Fsp3) is 0.333. The van der Waals surface area contributed by atoms with Crippen LogP contribution in [-0.2, 0) is 6.54 Å². The molecule has 0 saturated heterocycles. The molecule has 0 unspecified atom stereocenters. The van der Waals surface area contributed by atoms with Crippen LogP contribution in [0.15, 0.2) is 42.2 Å². The van der Waals surface area contributed by atoms with Crippen LogP contribution in [0.1, 0.15) is 25.3 Å². The molecule has 0 aromatic heterocycles. The van der Waals surface area contributed by atoms with Crippen LogP contribution in [-0.4, -0.2) is 0 Å². The third-order valence-electron chi connectivity index (χ3n) is 1.99. The summed E-state index contributed by atoms with van der Waals surface area (Å²) in [7, 11) is 0. The second-order valence-electron chi connectivity index (χ2n) is 3.29. The summed E-state index contributed by atoms with van der Waals surface area (Å²) in [6.45, 7) is 2.94. The van der Waals surface area contributed by atoms with Gasteiger partial charge in [0, 0.05) is 6.54 Å². The van der Waals surface area contributed by atoms with Crippen LogP contribution < -0.4 is 11.1 Å². The van der Waals surface area contributed by atoms with Gasteiger partial charge in [0.05, 0.1) is 5.82 Å². The minimum Gasteiger partial charge on any atom is -0.386 e. The van der Waals surface area contributed by atoms with E-state index < -0.39 is 0 Å². The van der Waals surface area contributed by atoms with Crippen molar-refractivity contribution in [3.63, 3.8) is 0 Å². The predicted molar refractivity (Wildman–Crippen MR) is 60.5 cm³/mol. The molecule has 0 saturated carbocycles. The van der Waals surface area contributed by atoms with Crippen LogP contribution in [0.2, 0.25) is 0 Å². The number of rotatable bonds is 5. The molecular formula is C12H18N2. The number of hydrogen-bond donors (Lipinski definition) is 2. The molecule has 1 aromatic rings. The highest BCUT2D eigenvalue weighted by atomic mass is 15.0. The molecule has 0 atom stereocenters. The Morgan fingerprint density at radius 3 is 2.71 bits per heavy atom. The number of nitrogens with one attached hydrogen (secondary N) is 1. The van der Waals surface area contributed by atoms with E-state index >= 15 is 0 Å². The number of benzene rings is 1. The maximum absolute atomic E-state index is 5.76. The zero-order valence-electron chi connectivity index (χ0n) is 8.66. The predicted octanol–water partition coefficient (Wildman–Crippen LogP) is 2.38. The van der Waals surface area contributed by atoms with Gasteiger partial charge in [0.15, 0.2) is 0 Å². The summed E-state index contributed by atoms with van der Waals surface area (Å²) in [4.78, 5) is 0.